The van der Waals surface area contributed by atoms with E-state index in [9.17, 15) is 9.59 Å². The Hall–Kier alpha value is -2.82. The highest BCUT2D eigenvalue weighted by molar-refractivity contribution is 6.01. The van der Waals surface area contributed by atoms with Crippen molar-refractivity contribution in [3.63, 3.8) is 0 Å². The van der Waals surface area contributed by atoms with Crippen molar-refractivity contribution in [3.8, 4) is 0 Å². The van der Waals surface area contributed by atoms with Crippen LogP contribution in [0.4, 0.5) is 16.2 Å². The van der Waals surface area contributed by atoms with Gasteiger partial charge in [-0.15, -0.1) is 0 Å². The molecule has 0 atom stereocenters. The number of hydrogen-bond donors (Lipinski definition) is 3. The van der Waals surface area contributed by atoms with Gasteiger partial charge in [0.15, 0.2) is 0 Å². The molecule has 3 N–H and O–H groups in total. The first-order chi connectivity index (χ1) is 9.56. The van der Waals surface area contributed by atoms with Crippen molar-refractivity contribution in [2.24, 2.45) is 0 Å². The summed E-state index contributed by atoms with van der Waals surface area (Å²) in [5.74, 6) is -1.03. The fourth-order valence-electron chi connectivity index (χ4n) is 1.70. The smallest absolute Gasteiger partial charge is 0.335 e. The minimum Gasteiger partial charge on any atom is -0.478 e. The molecule has 0 aliphatic carbocycles. The van der Waals surface area contributed by atoms with E-state index in [0.717, 1.165) is 5.56 Å². The van der Waals surface area contributed by atoms with Crippen LogP contribution in [0.1, 0.15) is 15.9 Å². The molecule has 0 bridgehead atoms. The molecule has 2 amide bonds. The topological polar surface area (TPSA) is 78.4 Å². The van der Waals surface area contributed by atoms with Crippen molar-refractivity contribution in [3.05, 3.63) is 59.7 Å². The Morgan fingerprint density at radius 1 is 1.00 bits per heavy atom. The first kappa shape index (κ1) is 13.6. The Balaban J connectivity index is 2.11. The molecular formula is C15H14N2O3. The minimum atomic E-state index is -1.03. The number of amides is 2. The van der Waals surface area contributed by atoms with Crippen molar-refractivity contribution in [1.82, 2.24) is 0 Å². The molecule has 0 saturated carbocycles. The summed E-state index contributed by atoms with van der Waals surface area (Å²) in [6.45, 7) is 1.80. The average Bonchev–Trinajstić information content (AvgIpc) is 2.42. The maximum atomic E-state index is 11.8. The number of aryl methyl sites for hydroxylation is 1. The summed E-state index contributed by atoms with van der Waals surface area (Å²) in [6.07, 6.45) is 0. The molecule has 5 heteroatoms. The second kappa shape index (κ2) is 5.88. The van der Waals surface area contributed by atoms with Crippen LogP contribution in [0.2, 0.25) is 0 Å². The van der Waals surface area contributed by atoms with Crippen molar-refractivity contribution in [2.75, 3.05) is 10.6 Å². The summed E-state index contributed by atoms with van der Waals surface area (Å²) in [5.41, 5.74) is 2.05. The lowest BCUT2D eigenvalue weighted by Crippen LogP contribution is -2.20. The van der Waals surface area contributed by atoms with Gasteiger partial charge in [-0.3, -0.25) is 0 Å². The molecule has 0 aliphatic heterocycles. The van der Waals surface area contributed by atoms with Crippen molar-refractivity contribution >= 4 is 23.4 Å². The summed E-state index contributed by atoms with van der Waals surface area (Å²) >= 11 is 0. The van der Waals surface area contributed by atoms with E-state index >= 15 is 0 Å². The van der Waals surface area contributed by atoms with Gasteiger partial charge in [-0.2, -0.15) is 0 Å². The van der Waals surface area contributed by atoms with Crippen LogP contribution >= 0.6 is 0 Å². The van der Waals surface area contributed by atoms with Crippen molar-refractivity contribution < 1.29 is 14.7 Å². The molecule has 0 unspecified atom stereocenters. The van der Waals surface area contributed by atoms with E-state index in [2.05, 4.69) is 10.6 Å². The number of carboxylic acid groups (broad SMARTS) is 1. The second-order valence-electron chi connectivity index (χ2n) is 4.28. The zero-order valence-corrected chi connectivity index (χ0v) is 10.9. The fraction of sp³-hybridized carbons (Fsp3) is 0.0667. The molecule has 2 aromatic carbocycles. The van der Waals surface area contributed by atoms with Crippen LogP contribution < -0.4 is 10.6 Å². The van der Waals surface area contributed by atoms with Crippen LogP contribution in [-0.2, 0) is 0 Å². The molecule has 0 aromatic heterocycles. The maximum Gasteiger partial charge on any atom is 0.335 e. The average molecular weight is 270 g/mol. The number of nitrogens with one attached hydrogen (secondary N) is 2. The van der Waals surface area contributed by atoms with E-state index in [1.165, 1.54) is 12.1 Å². The van der Waals surface area contributed by atoms with Gasteiger partial charge < -0.3 is 15.7 Å². The van der Waals surface area contributed by atoms with Crippen molar-refractivity contribution in [1.29, 1.82) is 0 Å². The number of carbonyl (C=O) groups excluding carboxylic acids is 1. The van der Waals surface area contributed by atoms with Crippen LogP contribution in [0.15, 0.2) is 48.5 Å². The predicted octanol–water partition coefficient (Wildman–Crippen LogP) is 3.34. The quantitative estimate of drug-likeness (QED) is 0.800. The standard InChI is InChI=1S/C15H14N2O3/c1-10-7-8-11(14(18)19)9-13(10)17-15(20)16-12-5-3-2-4-6-12/h2-9H,1H3,(H,18,19)(H2,16,17,20). The van der Waals surface area contributed by atoms with E-state index in [0.29, 0.717) is 11.4 Å². The molecule has 2 rings (SSSR count). The number of para-hydroxylation sites is 1. The van der Waals surface area contributed by atoms with Crippen LogP contribution in [-0.4, -0.2) is 17.1 Å². The summed E-state index contributed by atoms with van der Waals surface area (Å²) in [4.78, 5) is 22.8. The van der Waals surface area contributed by atoms with Gasteiger partial charge in [-0.05, 0) is 36.8 Å². The first-order valence-electron chi connectivity index (χ1n) is 6.03. The zero-order chi connectivity index (χ0) is 14.5. The van der Waals surface area contributed by atoms with Gasteiger partial charge in [-0.1, -0.05) is 24.3 Å². The number of anilines is 2. The van der Waals surface area contributed by atoms with E-state index < -0.39 is 12.0 Å². The highest BCUT2D eigenvalue weighted by atomic mass is 16.4. The van der Waals surface area contributed by atoms with Crippen LogP contribution in [0, 0.1) is 6.92 Å². The van der Waals surface area contributed by atoms with Gasteiger partial charge in [-0.25, -0.2) is 9.59 Å². The number of benzene rings is 2. The minimum absolute atomic E-state index is 0.130. The van der Waals surface area contributed by atoms with E-state index in [4.69, 9.17) is 5.11 Å². The van der Waals surface area contributed by atoms with Crippen LogP contribution in [0.3, 0.4) is 0 Å². The monoisotopic (exact) mass is 270 g/mol. The zero-order valence-electron chi connectivity index (χ0n) is 10.9. The molecule has 5 nitrogen and oxygen atoms in total. The lowest BCUT2D eigenvalue weighted by Gasteiger charge is -2.10. The Bertz CT molecular complexity index is 639. The third-order valence-corrected chi connectivity index (χ3v) is 2.76. The number of urea groups is 1. The third kappa shape index (κ3) is 3.35. The Morgan fingerprint density at radius 3 is 2.35 bits per heavy atom. The molecule has 2 aromatic rings. The molecule has 0 spiro atoms. The van der Waals surface area contributed by atoms with Gasteiger partial charge in [0.1, 0.15) is 0 Å². The van der Waals surface area contributed by atoms with Gasteiger partial charge in [0.2, 0.25) is 0 Å². The molecule has 0 saturated heterocycles. The van der Waals surface area contributed by atoms with E-state index in [1.54, 1.807) is 25.1 Å². The first-order valence-corrected chi connectivity index (χ1v) is 6.03. The molecule has 0 aliphatic rings. The normalized spacial score (nSPS) is 9.85. The Labute approximate surface area is 116 Å². The molecule has 0 fully saturated rings. The maximum absolute atomic E-state index is 11.8. The number of carbonyl (C=O) groups is 2. The number of hydrogen-bond acceptors (Lipinski definition) is 2. The second-order valence-corrected chi connectivity index (χ2v) is 4.28. The Morgan fingerprint density at radius 2 is 1.70 bits per heavy atom. The molecule has 20 heavy (non-hydrogen) atoms. The van der Waals surface area contributed by atoms with Gasteiger partial charge in [0.05, 0.1) is 5.56 Å². The highest BCUT2D eigenvalue weighted by Crippen LogP contribution is 2.17. The Kier molecular flexibility index (Phi) is 4.00. The number of rotatable bonds is 3. The summed E-state index contributed by atoms with van der Waals surface area (Å²) in [6, 6.07) is 13.2. The van der Waals surface area contributed by atoms with Gasteiger partial charge in [0.25, 0.3) is 0 Å². The highest BCUT2D eigenvalue weighted by Gasteiger charge is 2.09. The van der Waals surface area contributed by atoms with Gasteiger partial charge in [0, 0.05) is 11.4 Å². The van der Waals surface area contributed by atoms with E-state index in [-0.39, 0.29) is 5.56 Å². The fourth-order valence-corrected chi connectivity index (χ4v) is 1.70. The summed E-state index contributed by atoms with van der Waals surface area (Å²) in [5, 5.41) is 14.3. The molecule has 0 radical (unpaired) electrons. The molecule has 102 valence electrons. The lowest BCUT2D eigenvalue weighted by molar-refractivity contribution is 0.0697. The number of carboxylic acids is 1. The summed E-state index contributed by atoms with van der Waals surface area (Å²) in [7, 11) is 0. The van der Waals surface area contributed by atoms with Crippen LogP contribution in [0.5, 0.6) is 0 Å². The largest absolute Gasteiger partial charge is 0.478 e. The van der Waals surface area contributed by atoms with E-state index in [1.807, 2.05) is 18.2 Å². The summed E-state index contributed by atoms with van der Waals surface area (Å²) < 4.78 is 0. The number of aromatic carboxylic acids is 1. The lowest BCUT2D eigenvalue weighted by atomic mass is 10.1. The SMILES string of the molecule is Cc1ccc(C(=O)O)cc1NC(=O)Nc1ccccc1. The van der Waals surface area contributed by atoms with Gasteiger partial charge >= 0.3 is 12.0 Å². The van der Waals surface area contributed by atoms with Crippen molar-refractivity contribution in [2.45, 2.75) is 6.92 Å². The molecule has 0 heterocycles. The molecular weight excluding hydrogens is 256 g/mol. The third-order valence-electron chi connectivity index (χ3n) is 2.76. The predicted molar refractivity (Wildman–Crippen MR) is 77.2 cm³/mol. The van der Waals surface area contributed by atoms with Crippen LogP contribution in [0.25, 0.3) is 0 Å².